The maximum absolute atomic E-state index is 11.7. The fraction of sp³-hybridized carbons (Fsp3) is 0. The molecule has 10 nitrogen and oxygen atoms in total. The number of thiocarbonyl (C=S) groups is 1. The molecule has 0 aromatic heterocycles. The number of nitro groups is 2. The molecule has 3 rings (SSSR count). The molecule has 27 heavy (non-hydrogen) atoms. The smallest absolute Gasteiger partial charge is 0.318 e. The number of rotatable bonds is 5. The predicted octanol–water partition coefficient (Wildman–Crippen LogP) is 2.64. The van der Waals surface area contributed by atoms with Crippen LogP contribution in [0, 0.1) is 20.2 Å². The number of amides is 1. The topological polar surface area (TPSA) is 137 Å². The Balaban J connectivity index is 1.90. The highest BCUT2D eigenvalue weighted by Gasteiger charge is 2.22. The van der Waals surface area contributed by atoms with Gasteiger partial charge in [0.25, 0.3) is 11.6 Å². The SMILES string of the molecule is O=C1NC(=S)N/C1=C/c1cccc(Oc2ccc([N+](=O)[O-])cc2[N+](=O)[O-])c1. The van der Waals surface area contributed by atoms with Crippen LogP contribution >= 0.6 is 12.2 Å². The quantitative estimate of drug-likeness (QED) is 0.346. The van der Waals surface area contributed by atoms with Crippen LogP contribution in [0.3, 0.4) is 0 Å². The molecule has 2 aromatic carbocycles. The number of ether oxygens (including phenoxy) is 1. The van der Waals surface area contributed by atoms with Crippen LogP contribution in [0.15, 0.2) is 48.2 Å². The maximum atomic E-state index is 11.7. The van der Waals surface area contributed by atoms with Crippen LogP contribution in [0.1, 0.15) is 5.56 Å². The summed E-state index contributed by atoms with van der Waals surface area (Å²) in [6.07, 6.45) is 1.53. The van der Waals surface area contributed by atoms with Gasteiger partial charge in [0.05, 0.1) is 15.9 Å². The summed E-state index contributed by atoms with van der Waals surface area (Å²) in [7, 11) is 0. The molecule has 136 valence electrons. The summed E-state index contributed by atoms with van der Waals surface area (Å²) in [6.45, 7) is 0. The second kappa shape index (κ2) is 7.17. The number of carbonyl (C=O) groups is 1. The van der Waals surface area contributed by atoms with E-state index in [-0.39, 0.29) is 28.2 Å². The molecule has 2 aromatic rings. The number of carbonyl (C=O) groups excluding carboxylic acids is 1. The van der Waals surface area contributed by atoms with Gasteiger partial charge < -0.3 is 10.1 Å². The zero-order valence-corrected chi connectivity index (χ0v) is 14.2. The number of nitrogens with one attached hydrogen (secondary N) is 2. The van der Waals surface area contributed by atoms with Gasteiger partial charge in [-0.1, -0.05) is 12.1 Å². The number of hydrogen-bond acceptors (Lipinski definition) is 7. The van der Waals surface area contributed by atoms with Crippen molar-refractivity contribution in [3.63, 3.8) is 0 Å². The van der Waals surface area contributed by atoms with E-state index < -0.39 is 21.2 Å². The van der Waals surface area contributed by atoms with Crippen molar-refractivity contribution >= 4 is 40.7 Å². The predicted molar refractivity (Wildman–Crippen MR) is 98.1 cm³/mol. The fourth-order valence-corrected chi connectivity index (χ4v) is 2.49. The summed E-state index contributed by atoms with van der Waals surface area (Å²) in [4.78, 5) is 32.2. The molecule has 0 bridgehead atoms. The van der Waals surface area contributed by atoms with E-state index in [1.165, 1.54) is 6.08 Å². The molecule has 11 heteroatoms. The molecule has 1 saturated heterocycles. The lowest BCUT2D eigenvalue weighted by Gasteiger charge is -2.07. The van der Waals surface area contributed by atoms with Gasteiger partial charge in [-0.25, -0.2) is 0 Å². The number of nitrogens with zero attached hydrogens (tertiary/aromatic N) is 2. The Hall–Kier alpha value is -3.86. The van der Waals surface area contributed by atoms with Crippen LogP contribution in [0.5, 0.6) is 11.5 Å². The number of hydrogen-bond donors (Lipinski definition) is 2. The van der Waals surface area contributed by atoms with E-state index in [1.54, 1.807) is 24.3 Å². The van der Waals surface area contributed by atoms with Gasteiger partial charge in [-0.05, 0) is 42.1 Å². The van der Waals surface area contributed by atoms with Gasteiger partial charge in [-0.3, -0.25) is 30.3 Å². The minimum atomic E-state index is -0.762. The largest absolute Gasteiger partial charge is 0.450 e. The second-order valence-corrected chi connectivity index (χ2v) is 5.72. The minimum absolute atomic E-state index is 0.145. The van der Waals surface area contributed by atoms with Gasteiger partial charge in [0.1, 0.15) is 11.4 Å². The molecule has 0 atom stereocenters. The monoisotopic (exact) mass is 386 g/mol. The standard InChI is InChI=1S/C16H10N4O6S/c21-15-12(17-16(27)18-15)7-9-2-1-3-11(6-9)26-14-5-4-10(19(22)23)8-13(14)20(24)25/h1-8H,(H2,17,18,21,27)/b12-7+. The average Bonchev–Trinajstić information content (AvgIpc) is 2.92. The lowest BCUT2D eigenvalue weighted by molar-refractivity contribution is -0.394. The molecule has 0 aliphatic carbocycles. The first-order valence-corrected chi connectivity index (χ1v) is 7.79. The number of nitro benzene ring substituents is 2. The van der Waals surface area contributed by atoms with Gasteiger partial charge in [-0.15, -0.1) is 0 Å². The number of non-ortho nitro benzene ring substituents is 1. The molecular formula is C16H10N4O6S. The Morgan fingerprint density at radius 1 is 1.04 bits per heavy atom. The lowest BCUT2D eigenvalue weighted by atomic mass is 10.2. The Kier molecular flexibility index (Phi) is 4.77. The van der Waals surface area contributed by atoms with Crippen LogP contribution in [0.4, 0.5) is 11.4 Å². The minimum Gasteiger partial charge on any atom is -0.450 e. The first-order valence-electron chi connectivity index (χ1n) is 7.38. The van der Waals surface area contributed by atoms with E-state index in [4.69, 9.17) is 17.0 Å². The first kappa shape index (κ1) is 17.9. The normalized spacial score (nSPS) is 14.6. The average molecular weight is 386 g/mol. The van der Waals surface area contributed by atoms with E-state index in [0.29, 0.717) is 5.56 Å². The zero-order chi connectivity index (χ0) is 19.6. The Bertz CT molecular complexity index is 1020. The van der Waals surface area contributed by atoms with Crippen molar-refractivity contribution in [1.29, 1.82) is 0 Å². The van der Waals surface area contributed by atoms with Crippen molar-refractivity contribution in [1.82, 2.24) is 10.6 Å². The first-order chi connectivity index (χ1) is 12.8. The molecule has 1 aliphatic rings. The van der Waals surface area contributed by atoms with Crippen LogP contribution in [-0.2, 0) is 4.79 Å². The molecule has 1 aliphatic heterocycles. The highest BCUT2D eigenvalue weighted by Crippen LogP contribution is 2.34. The Labute approximate surface area is 156 Å². The third-order valence-electron chi connectivity index (χ3n) is 3.47. The molecule has 1 heterocycles. The molecule has 0 spiro atoms. The molecule has 0 unspecified atom stereocenters. The molecule has 2 N–H and O–H groups in total. The summed E-state index contributed by atoms with van der Waals surface area (Å²) in [5.74, 6) is -0.270. The summed E-state index contributed by atoms with van der Waals surface area (Å²) in [6, 6.07) is 9.53. The van der Waals surface area contributed by atoms with E-state index in [0.717, 1.165) is 18.2 Å². The third kappa shape index (κ3) is 4.04. The van der Waals surface area contributed by atoms with E-state index in [9.17, 15) is 25.0 Å². The van der Waals surface area contributed by atoms with Gasteiger partial charge in [0, 0.05) is 6.07 Å². The highest BCUT2D eigenvalue weighted by atomic mass is 32.1. The van der Waals surface area contributed by atoms with Crippen molar-refractivity contribution in [3.05, 3.63) is 74.0 Å². The van der Waals surface area contributed by atoms with Gasteiger partial charge in [-0.2, -0.15) is 0 Å². The van der Waals surface area contributed by atoms with Gasteiger partial charge in [0.2, 0.25) is 5.75 Å². The van der Waals surface area contributed by atoms with Crippen molar-refractivity contribution in [2.75, 3.05) is 0 Å². The molecule has 1 amide bonds. The van der Waals surface area contributed by atoms with Crippen molar-refractivity contribution < 1.29 is 19.4 Å². The van der Waals surface area contributed by atoms with E-state index in [1.807, 2.05) is 0 Å². The molecule has 1 fully saturated rings. The molecule has 0 radical (unpaired) electrons. The summed E-state index contributed by atoms with van der Waals surface area (Å²) < 4.78 is 5.52. The Morgan fingerprint density at radius 2 is 1.81 bits per heavy atom. The number of benzene rings is 2. The second-order valence-electron chi connectivity index (χ2n) is 5.31. The summed E-state index contributed by atoms with van der Waals surface area (Å²) in [5, 5.41) is 27.3. The van der Waals surface area contributed by atoms with Crippen LogP contribution in [-0.4, -0.2) is 20.9 Å². The summed E-state index contributed by atoms with van der Waals surface area (Å²) in [5.41, 5.74) is -0.116. The molecular weight excluding hydrogens is 376 g/mol. The maximum Gasteiger partial charge on any atom is 0.318 e. The molecule has 0 saturated carbocycles. The van der Waals surface area contributed by atoms with Crippen molar-refractivity contribution in [2.45, 2.75) is 0 Å². The summed E-state index contributed by atoms with van der Waals surface area (Å²) >= 11 is 4.85. The zero-order valence-electron chi connectivity index (χ0n) is 13.4. The lowest BCUT2D eigenvalue weighted by Crippen LogP contribution is -2.21. The third-order valence-corrected chi connectivity index (χ3v) is 3.67. The van der Waals surface area contributed by atoms with Crippen LogP contribution in [0.2, 0.25) is 0 Å². The fourth-order valence-electron chi connectivity index (χ4n) is 2.29. The van der Waals surface area contributed by atoms with E-state index in [2.05, 4.69) is 10.6 Å². The van der Waals surface area contributed by atoms with Gasteiger partial charge >= 0.3 is 5.69 Å². The highest BCUT2D eigenvalue weighted by molar-refractivity contribution is 7.80. The Morgan fingerprint density at radius 3 is 2.44 bits per heavy atom. The van der Waals surface area contributed by atoms with Crippen LogP contribution in [0.25, 0.3) is 6.08 Å². The van der Waals surface area contributed by atoms with Crippen molar-refractivity contribution in [2.24, 2.45) is 0 Å². The van der Waals surface area contributed by atoms with Crippen LogP contribution < -0.4 is 15.4 Å². The van der Waals surface area contributed by atoms with E-state index >= 15 is 0 Å². The van der Waals surface area contributed by atoms with Crippen molar-refractivity contribution in [3.8, 4) is 11.5 Å². The van der Waals surface area contributed by atoms with Gasteiger partial charge in [0.15, 0.2) is 5.11 Å².